The van der Waals surface area contributed by atoms with Crippen molar-refractivity contribution in [3.8, 4) is 5.69 Å². The van der Waals surface area contributed by atoms with E-state index in [1.54, 1.807) is 46.2 Å². The Hall–Kier alpha value is -2.05. The van der Waals surface area contributed by atoms with Crippen LogP contribution in [0.2, 0.25) is 5.02 Å². The summed E-state index contributed by atoms with van der Waals surface area (Å²) in [4.78, 5) is 14.0. The van der Waals surface area contributed by atoms with E-state index in [1.807, 2.05) is 0 Å². The fraction of sp³-hybridized carbons (Fsp3) is 0.333. The molecule has 1 aromatic carbocycles. The number of nitrogens with zero attached hydrogens (tertiary/aromatic N) is 3. The zero-order valence-corrected chi connectivity index (χ0v) is 12.7. The van der Waals surface area contributed by atoms with Crippen molar-refractivity contribution in [1.82, 2.24) is 14.7 Å². The summed E-state index contributed by atoms with van der Waals surface area (Å²) in [5, 5.41) is 17.3. The zero-order chi connectivity index (χ0) is 15.5. The molecular weight excluding hydrogens is 304 g/mol. The van der Waals surface area contributed by atoms with Crippen LogP contribution in [0.15, 0.2) is 36.7 Å². The number of β-amino-alcohol motifs (C(OH)–C–C–N with tert-alkyl or cyclic N) is 1. The van der Waals surface area contributed by atoms with Crippen LogP contribution in [-0.2, 0) is 0 Å². The molecule has 0 saturated carbocycles. The molecule has 0 radical (unpaired) electrons. The second kappa shape index (κ2) is 6.37. The van der Waals surface area contributed by atoms with Crippen LogP contribution in [0.4, 0.5) is 10.5 Å². The van der Waals surface area contributed by atoms with Crippen LogP contribution in [0.25, 0.3) is 5.69 Å². The normalized spacial score (nSPS) is 18.3. The Morgan fingerprint density at radius 2 is 2.32 bits per heavy atom. The molecule has 2 amide bonds. The first-order valence-electron chi connectivity index (χ1n) is 7.17. The lowest BCUT2D eigenvalue weighted by atomic mass is 10.1. The summed E-state index contributed by atoms with van der Waals surface area (Å²) in [5.41, 5.74) is 1.32. The molecule has 1 aliphatic heterocycles. The van der Waals surface area contributed by atoms with Crippen molar-refractivity contribution in [2.75, 3.05) is 18.4 Å². The molecule has 22 heavy (non-hydrogen) atoms. The number of hydrogen-bond donors (Lipinski definition) is 2. The Bertz CT molecular complexity index is 660. The molecule has 2 heterocycles. The summed E-state index contributed by atoms with van der Waals surface area (Å²) >= 11 is 6.04. The number of anilines is 1. The number of nitrogens with one attached hydrogen (secondary N) is 1. The Balaban J connectivity index is 1.81. The quantitative estimate of drug-likeness (QED) is 0.893. The van der Waals surface area contributed by atoms with Crippen LogP contribution in [0, 0.1) is 0 Å². The second-order valence-electron chi connectivity index (χ2n) is 5.28. The summed E-state index contributed by atoms with van der Waals surface area (Å²) in [6, 6.07) is 6.78. The van der Waals surface area contributed by atoms with Crippen molar-refractivity contribution >= 4 is 23.3 Å². The number of urea groups is 1. The SMILES string of the molecule is O=C(Nc1ccc(Cl)cc1-n1cccn1)N1CCC[C@@H](O)C1. The molecule has 7 heteroatoms. The molecule has 1 atom stereocenters. The molecule has 2 N–H and O–H groups in total. The van der Waals surface area contributed by atoms with Crippen molar-refractivity contribution in [2.45, 2.75) is 18.9 Å². The third-order valence-electron chi connectivity index (χ3n) is 3.64. The standard InChI is InChI=1S/C15H17ClN4O2/c16-11-4-5-13(14(9-11)20-8-2-6-17-20)18-15(22)19-7-1-3-12(21)10-19/h2,4-6,8-9,12,21H,1,3,7,10H2,(H,18,22)/t12-/m1/s1. The van der Waals surface area contributed by atoms with E-state index in [9.17, 15) is 9.90 Å². The lowest BCUT2D eigenvalue weighted by Crippen LogP contribution is -2.44. The van der Waals surface area contributed by atoms with Crippen LogP contribution >= 0.6 is 11.6 Å². The van der Waals surface area contributed by atoms with Gasteiger partial charge in [-0.1, -0.05) is 11.6 Å². The van der Waals surface area contributed by atoms with Gasteiger partial charge in [0.1, 0.15) is 0 Å². The van der Waals surface area contributed by atoms with E-state index in [4.69, 9.17) is 11.6 Å². The van der Waals surface area contributed by atoms with Gasteiger partial charge >= 0.3 is 6.03 Å². The topological polar surface area (TPSA) is 70.4 Å². The molecule has 1 saturated heterocycles. The Kier molecular flexibility index (Phi) is 4.31. The first-order valence-corrected chi connectivity index (χ1v) is 7.55. The third kappa shape index (κ3) is 3.23. The van der Waals surface area contributed by atoms with Gasteiger partial charge in [0.2, 0.25) is 0 Å². The maximum Gasteiger partial charge on any atom is 0.321 e. The number of aliphatic hydroxyl groups excluding tert-OH is 1. The summed E-state index contributed by atoms with van der Waals surface area (Å²) in [5.74, 6) is 0. The van der Waals surface area contributed by atoms with Crippen LogP contribution in [0.5, 0.6) is 0 Å². The molecule has 1 fully saturated rings. The van der Waals surface area contributed by atoms with Crippen LogP contribution in [0.1, 0.15) is 12.8 Å². The largest absolute Gasteiger partial charge is 0.391 e. The highest BCUT2D eigenvalue weighted by Gasteiger charge is 2.22. The molecule has 0 aliphatic carbocycles. The lowest BCUT2D eigenvalue weighted by molar-refractivity contribution is 0.0883. The van der Waals surface area contributed by atoms with E-state index in [2.05, 4.69) is 10.4 Å². The van der Waals surface area contributed by atoms with E-state index in [0.717, 1.165) is 12.8 Å². The molecule has 3 rings (SSSR count). The molecule has 1 aliphatic rings. The van der Waals surface area contributed by atoms with E-state index >= 15 is 0 Å². The molecule has 0 bridgehead atoms. The molecule has 0 unspecified atom stereocenters. The van der Waals surface area contributed by atoms with Crippen molar-refractivity contribution in [3.05, 3.63) is 41.7 Å². The highest BCUT2D eigenvalue weighted by Crippen LogP contribution is 2.24. The molecule has 6 nitrogen and oxygen atoms in total. The first-order chi connectivity index (χ1) is 10.6. The Morgan fingerprint density at radius 3 is 3.05 bits per heavy atom. The van der Waals surface area contributed by atoms with E-state index in [0.29, 0.717) is 29.5 Å². The summed E-state index contributed by atoms with van der Waals surface area (Å²) in [6.07, 6.45) is 4.54. The average molecular weight is 321 g/mol. The molecular formula is C15H17ClN4O2. The summed E-state index contributed by atoms with van der Waals surface area (Å²) in [7, 11) is 0. The van der Waals surface area contributed by atoms with Gasteiger partial charge in [-0.15, -0.1) is 0 Å². The maximum absolute atomic E-state index is 12.4. The fourth-order valence-electron chi connectivity index (χ4n) is 2.54. The monoisotopic (exact) mass is 320 g/mol. The number of piperidine rings is 1. The van der Waals surface area contributed by atoms with Gasteiger partial charge in [0.15, 0.2) is 0 Å². The van der Waals surface area contributed by atoms with Crippen LogP contribution in [-0.4, -0.2) is 45.0 Å². The van der Waals surface area contributed by atoms with Crippen molar-refractivity contribution in [1.29, 1.82) is 0 Å². The second-order valence-corrected chi connectivity index (χ2v) is 5.72. The fourth-order valence-corrected chi connectivity index (χ4v) is 2.71. The smallest absolute Gasteiger partial charge is 0.321 e. The number of carbonyl (C=O) groups excluding carboxylic acids is 1. The first kappa shape index (κ1) is 14.9. The minimum absolute atomic E-state index is 0.227. The Labute approximate surface area is 133 Å². The number of hydrogen-bond acceptors (Lipinski definition) is 3. The van der Waals surface area contributed by atoms with Gasteiger partial charge in [0, 0.05) is 30.5 Å². The Morgan fingerprint density at radius 1 is 1.45 bits per heavy atom. The number of rotatable bonds is 2. The highest BCUT2D eigenvalue weighted by atomic mass is 35.5. The molecule has 0 spiro atoms. The number of halogens is 1. The lowest BCUT2D eigenvalue weighted by Gasteiger charge is -2.30. The van der Waals surface area contributed by atoms with E-state index in [-0.39, 0.29) is 6.03 Å². The van der Waals surface area contributed by atoms with Gasteiger partial charge in [-0.2, -0.15) is 5.10 Å². The predicted octanol–water partition coefficient (Wildman–Crippen LogP) is 2.51. The maximum atomic E-state index is 12.4. The van der Waals surface area contributed by atoms with Gasteiger partial charge in [-0.05, 0) is 37.1 Å². The molecule has 1 aromatic heterocycles. The molecule has 2 aromatic rings. The van der Waals surface area contributed by atoms with Crippen molar-refractivity contribution in [2.24, 2.45) is 0 Å². The summed E-state index contributed by atoms with van der Waals surface area (Å²) < 4.78 is 1.65. The van der Waals surface area contributed by atoms with Gasteiger partial charge in [-0.25, -0.2) is 9.48 Å². The third-order valence-corrected chi connectivity index (χ3v) is 3.87. The highest BCUT2D eigenvalue weighted by molar-refractivity contribution is 6.30. The number of amides is 2. The number of aliphatic hydroxyl groups is 1. The summed E-state index contributed by atoms with van der Waals surface area (Å²) in [6.45, 7) is 1.00. The molecule has 116 valence electrons. The van der Waals surface area contributed by atoms with Crippen molar-refractivity contribution < 1.29 is 9.90 Å². The minimum atomic E-state index is -0.449. The van der Waals surface area contributed by atoms with E-state index in [1.165, 1.54) is 0 Å². The number of benzene rings is 1. The van der Waals surface area contributed by atoms with Gasteiger partial charge in [-0.3, -0.25) is 0 Å². The number of carbonyl (C=O) groups is 1. The number of likely N-dealkylation sites (tertiary alicyclic amines) is 1. The van der Waals surface area contributed by atoms with Crippen LogP contribution < -0.4 is 5.32 Å². The van der Waals surface area contributed by atoms with Gasteiger partial charge < -0.3 is 15.3 Å². The zero-order valence-electron chi connectivity index (χ0n) is 11.9. The number of aromatic nitrogens is 2. The van der Waals surface area contributed by atoms with Crippen LogP contribution in [0.3, 0.4) is 0 Å². The van der Waals surface area contributed by atoms with Crippen molar-refractivity contribution in [3.63, 3.8) is 0 Å². The average Bonchev–Trinajstić information content (AvgIpc) is 3.03. The predicted molar refractivity (Wildman–Crippen MR) is 84.4 cm³/mol. The van der Waals surface area contributed by atoms with E-state index < -0.39 is 6.10 Å². The van der Waals surface area contributed by atoms with Gasteiger partial charge in [0.25, 0.3) is 0 Å². The van der Waals surface area contributed by atoms with Gasteiger partial charge in [0.05, 0.1) is 17.5 Å². The minimum Gasteiger partial charge on any atom is -0.391 e.